The summed E-state index contributed by atoms with van der Waals surface area (Å²) in [6.45, 7) is 4.42. The highest BCUT2D eigenvalue weighted by atomic mass is 32.2. The lowest BCUT2D eigenvalue weighted by molar-refractivity contribution is 0.103. The van der Waals surface area contributed by atoms with Gasteiger partial charge in [0.1, 0.15) is 0 Å². The molecular formula is C7H14OS. The first-order chi connectivity index (χ1) is 4.38. The summed E-state index contributed by atoms with van der Waals surface area (Å²) >= 11 is 1.95. The average Bonchev–Trinajstić information content (AvgIpc) is 2.33. The first kappa shape index (κ1) is 7.42. The Morgan fingerprint density at radius 2 is 2.22 bits per heavy atom. The fourth-order valence-corrected chi connectivity index (χ4v) is 2.34. The minimum absolute atomic E-state index is 0.542. The van der Waals surface area contributed by atoms with E-state index in [1.165, 1.54) is 12.8 Å². The molecule has 0 bridgehead atoms. The van der Waals surface area contributed by atoms with Crippen LogP contribution in [0, 0.1) is 0 Å². The van der Waals surface area contributed by atoms with Gasteiger partial charge in [0, 0.05) is 5.25 Å². The van der Waals surface area contributed by atoms with Gasteiger partial charge in [-0.3, -0.25) is 0 Å². The van der Waals surface area contributed by atoms with Crippen molar-refractivity contribution in [3.05, 3.63) is 0 Å². The van der Waals surface area contributed by atoms with Crippen molar-refractivity contribution >= 4 is 11.8 Å². The highest BCUT2D eigenvalue weighted by molar-refractivity contribution is 8.00. The van der Waals surface area contributed by atoms with Crippen LogP contribution in [0.25, 0.3) is 0 Å². The number of hydrogen-bond donors (Lipinski definition) is 0. The second-order valence-electron chi connectivity index (χ2n) is 2.34. The lowest BCUT2D eigenvalue weighted by Crippen LogP contribution is -2.17. The van der Waals surface area contributed by atoms with Crippen LogP contribution in [-0.2, 0) is 4.74 Å². The normalized spacial score (nSPS) is 35.3. The molecule has 2 unspecified atom stereocenters. The van der Waals surface area contributed by atoms with E-state index in [1.54, 1.807) is 0 Å². The number of thioether (sulfide) groups is 1. The second kappa shape index (κ2) is 3.47. The zero-order valence-electron chi connectivity index (χ0n) is 6.09. The average molecular weight is 146 g/mol. The summed E-state index contributed by atoms with van der Waals surface area (Å²) < 4.78 is 5.47. The molecule has 1 heterocycles. The molecule has 0 aromatic heterocycles. The van der Waals surface area contributed by atoms with Crippen molar-refractivity contribution in [3.63, 3.8) is 0 Å². The molecule has 2 heteroatoms. The lowest BCUT2D eigenvalue weighted by atomic mass is 10.1. The third-order valence-corrected chi connectivity index (χ3v) is 3.12. The van der Waals surface area contributed by atoms with Crippen molar-refractivity contribution in [2.45, 2.75) is 38.0 Å². The van der Waals surface area contributed by atoms with Crippen LogP contribution in [0.5, 0.6) is 0 Å². The Morgan fingerprint density at radius 3 is 2.67 bits per heavy atom. The van der Waals surface area contributed by atoms with Crippen LogP contribution in [-0.4, -0.2) is 17.3 Å². The molecule has 0 aromatic rings. The Labute approximate surface area is 61.2 Å². The Balaban J connectivity index is 2.32. The van der Waals surface area contributed by atoms with Gasteiger partial charge in [-0.1, -0.05) is 13.8 Å². The fraction of sp³-hybridized carbons (Fsp3) is 1.00. The van der Waals surface area contributed by atoms with Gasteiger partial charge in [0.25, 0.3) is 0 Å². The molecule has 1 saturated heterocycles. The van der Waals surface area contributed by atoms with E-state index in [0.717, 1.165) is 11.2 Å². The van der Waals surface area contributed by atoms with E-state index in [0.29, 0.717) is 6.10 Å². The van der Waals surface area contributed by atoms with E-state index < -0.39 is 0 Å². The van der Waals surface area contributed by atoms with Crippen molar-refractivity contribution in [3.8, 4) is 0 Å². The lowest BCUT2D eigenvalue weighted by Gasteiger charge is -2.12. The van der Waals surface area contributed by atoms with Gasteiger partial charge in [-0.25, -0.2) is 0 Å². The molecule has 54 valence electrons. The molecule has 9 heavy (non-hydrogen) atoms. The van der Waals surface area contributed by atoms with Crippen LogP contribution in [0.2, 0.25) is 0 Å². The fourth-order valence-electron chi connectivity index (χ4n) is 1.19. The molecule has 0 saturated carbocycles. The molecule has 1 aliphatic heterocycles. The maximum Gasteiger partial charge on any atom is 0.0928 e. The van der Waals surface area contributed by atoms with E-state index in [1.807, 2.05) is 11.8 Å². The largest absolute Gasteiger partial charge is 0.366 e. The van der Waals surface area contributed by atoms with Crippen LogP contribution in [0.4, 0.5) is 0 Å². The van der Waals surface area contributed by atoms with E-state index >= 15 is 0 Å². The van der Waals surface area contributed by atoms with Crippen molar-refractivity contribution in [2.24, 2.45) is 0 Å². The van der Waals surface area contributed by atoms with E-state index in [2.05, 4.69) is 13.8 Å². The summed E-state index contributed by atoms with van der Waals surface area (Å²) in [6.07, 6.45) is 2.97. The van der Waals surface area contributed by atoms with Gasteiger partial charge in [-0.05, 0) is 12.8 Å². The van der Waals surface area contributed by atoms with Crippen molar-refractivity contribution in [1.82, 2.24) is 0 Å². The molecule has 0 spiro atoms. The molecule has 1 nitrogen and oxygen atoms in total. The second-order valence-corrected chi connectivity index (χ2v) is 3.52. The Hall–Kier alpha value is 0.310. The van der Waals surface area contributed by atoms with Gasteiger partial charge in [-0.2, -0.15) is 0 Å². The van der Waals surface area contributed by atoms with Gasteiger partial charge < -0.3 is 4.74 Å². The molecule has 2 atom stereocenters. The zero-order chi connectivity index (χ0) is 6.69. The summed E-state index contributed by atoms with van der Waals surface area (Å²) in [4.78, 5) is 0. The predicted molar refractivity (Wildman–Crippen MR) is 41.7 cm³/mol. The third kappa shape index (κ3) is 1.62. The number of ether oxygens (including phenoxy) is 1. The van der Waals surface area contributed by atoms with Crippen LogP contribution in [0.15, 0.2) is 0 Å². The molecule has 0 aromatic carbocycles. The van der Waals surface area contributed by atoms with Crippen molar-refractivity contribution < 1.29 is 4.74 Å². The zero-order valence-corrected chi connectivity index (χ0v) is 6.91. The molecule has 0 N–H and O–H groups in total. The van der Waals surface area contributed by atoms with Crippen molar-refractivity contribution in [1.29, 1.82) is 0 Å². The monoisotopic (exact) mass is 146 g/mol. The molecule has 0 radical (unpaired) electrons. The maximum atomic E-state index is 5.47. The van der Waals surface area contributed by atoms with Crippen LogP contribution >= 0.6 is 11.8 Å². The smallest absolute Gasteiger partial charge is 0.0928 e. The first-order valence-corrected chi connectivity index (χ1v) is 4.66. The quantitative estimate of drug-likeness (QED) is 0.591. The van der Waals surface area contributed by atoms with Crippen LogP contribution < -0.4 is 0 Å². The molecule has 1 aliphatic rings. The third-order valence-electron chi connectivity index (χ3n) is 1.78. The molecular weight excluding hydrogens is 132 g/mol. The highest BCUT2D eigenvalue weighted by Gasteiger charge is 2.24. The Morgan fingerprint density at radius 1 is 1.44 bits per heavy atom. The van der Waals surface area contributed by atoms with Gasteiger partial charge in [0.2, 0.25) is 0 Å². The molecule has 0 aliphatic carbocycles. The SMILES string of the molecule is CCC1OCSC1CC. The molecule has 0 amide bonds. The minimum atomic E-state index is 0.542. The standard InChI is InChI=1S/C7H14OS/c1-3-6-7(4-2)9-5-8-6/h6-7H,3-5H2,1-2H3. The van der Waals surface area contributed by atoms with Gasteiger partial charge in [0.15, 0.2) is 0 Å². The number of hydrogen-bond acceptors (Lipinski definition) is 2. The summed E-state index contributed by atoms with van der Waals surface area (Å²) in [7, 11) is 0. The first-order valence-electron chi connectivity index (χ1n) is 3.61. The Bertz CT molecular complexity index is 75.0. The van der Waals surface area contributed by atoms with Crippen LogP contribution in [0.3, 0.4) is 0 Å². The summed E-state index contributed by atoms with van der Waals surface area (Å²) in [5.41, 5.74) is 0. The Kier molecular flexibility index (Phi) is 2.86. The highest BCUT2D eigenvalue weighted by Crippen LogP contribution is 2.29. The topological polar surface area (TPSA) is 9.23 Å². The summed E-state index contributed by atoms with van der Waals surface area (Å²) in [5.74, 6) is 0.914. The van der Waals surface area contributed by atoms with E-state index in [-0.39, 0.29) is 0 Å². The van der Waals surface area contributed by atoms with E-state index in [9.17, 15) is 0 Å². The van der Waals surface area contributed by atoms with Crippen LogP contribution in [0.1, 0.15) is 26.7 Å². The van der Waals surface area contributed by atoms with Gasteiger partial charge in [0.05, 0.1) is 12.0 Å². The maximum absolute atomic E-state index is 5.47. The van der Waals surface area contributed by atoms with Gasteiger partial charge in [-0.15, -0.1) is 11.8 Å². The molecule has 1 fully saturated rings. The number of rotatable bonds is 2. The van der Waals surface area contributed by atoms with E-state index in [4.69, 9.17) is 4.74 Å². The summed E-state index contributed by atoms with van der Waals surface area (Å²) in [6, 6.07) is 0. The van der Waals surface area contributed by atoms with Crippen molar-refractivity contribution in [2.75, 3.05) is 5.94 Å². The van der Waals surface area contributed by atoms with Gasteiger partial charge >= 0.3 is 0 Å². The minimum Gasteiger partial charge on any atom is -0.366 e. The summed E-state index contributed by atoms with van der Waals surface area (Å²) in [5, 5.41) is 0.773. The predicted octanol–water partition coefficient (Wildman–Crippen LogP) is 2.26. The molecule has 1 rings (SSSR count).